The Kier molecular flexibility index (Phi) is 6.77. The number of amides is 2. The number of carbonyl (C=O) groups is 2. The third kappa shape index (κ3) is 4.80. The summed E-state index contributed by atoms with van der Waals surface area (Å²) < 4.78 is 28.9. The van der Waals surface area contributed by atoms with Crippen molar-refractivity contribution in [2.75, 3.05) is 19.8 Å². The van der Waals surface area contributed by atoms with E-state index in [-0.39, 0.29) is 12.3 Å². The molecule has 8 nitrogen and oxygen atoms in total. The van der Waals surface area contributed by atoms with Crippen LogP contribution in [-0.2, 0) is 24.2 Å². The highest BCUT2D eigenvalue weighted by atomic mass is 32.2. The minimum atomic E-state index is -3.80. The molecule has 2 amide bonds. The monoisotopic (exact) mass is 376 g/mol. The van der Waals surface area contributed by atoms with E-state index in [1.54, 1.807) is 13.8 Å². The van der Waals surface area contributed by atoms with Crippen LogP contribution < -0.4 is 11.1 Å². The summed E-state index contributed by atoms with van der Waals surface area (Å²) in [4.78, 5) is 24.4. The van der Waals surface area contributed by atoms with Crippen LogP contribution in [0.4, 0.5) is 0 Å². The van der Waals surface area contributed by atoms with Crippen molar-refractivity contribution in [1.82, 2.24) is 5.32 Å². The number of aliphatic hydroxyl groups is 1. The summed E-state index contributed by atoms with van der Waals surface area (Å²) in [6, 6.07) is 0. The van der Waals surface area contributed by atoms with E-state index < -0.39 is 37.1 Å². The second kappa shape index (κ2) is 7.84. The van der Waals surface area contributed by atoms with Crippen LogP contribution in [-0.4, -0.2) is 55.2 Å². The summed E-state index contributed by atoms with van der Waals surface area (Å²) in [7, 11) is -3.80. The minimum absolute atomic E-state index is 0.0883. The Morgan fingerprint density at radius 1 is 1.24 bits per heavy atom. The van der Waals surface area contributed by atoms with Crippen LogP contribution in [0.5, 0.6) is 0 Å². The van der Waals surface area contributed by atoms with Crippen molar-refractivity contribution < 1.29 is 27.9 Å². The van der Waals surface area contributed by atoms with Gasteiger partial charge < -0.3 is 15.6 Å². The first-order chi connectivity index (χ1) is 11.4. The zero-order valence-corrected chi connectivity index (χ0v) is 16.0. The van der Waals surface area contributed by atoms with Gasteiger partial charge in [0.25, 0.3) is 5.91 Å². The van der Waals surface area contributed by atoms with E-state index in [0.717, 1.165) is 6.08 Å². The van der Waals surface area contributed by atoms with Gasteiger partial charge in [-0.3, -0.25) is 14.9 Å². The van der Waals surface area contributed by atoms with Gasteiger partial charge in [-0.05, 0) is 26.7 Å². The zero-order valence-electron chi connectivity index (χ0n) is 15.2. The van der Waals surface area contributed by atoms with Crippen LogP contribution >= 0.6 is 0 Å². The summed E-state index contributed by atoms with van der Waals surface area (Å²) in [6.45, 7) is 6.21. The van der Waals surface area contributed by atoms with Gasteiger partial charge in [-0.1, -0.05) is 13.8 Å². The lowest BCUT2D eigenvalue weighted by molar-refractivity contribution is -0.129. The molecule has 0 aliphatic carbocycles. The average Bonchev–Trinajstić information content (AvgIpc) is 2.55. The Labute approximate surface area is 148 Å². The highest BCUT2D eigenvalue weighted by Gasteiger charge is 2.47. The first-order valence-electron chi connectivity index (χ1n) is 8.11. The van der Waals surface area contributed by atoms with Crippen LogP contribution in [0.1, 0.15) is 40.5 Å². The normalized spacial score (nSPS) is 18.0. The van der Waals surface area contributed by atoms with Crippen LogP contribution in [0.3, 0.4) is 0 Å². The molecule has 1 heterocycles. The van der Waals surface area contributed by atoms with E-state index in [2.05, 4.69) is 5.32 Å². The molecule has 0 atom stereocenters. The van der Waals surface area contributed by atoms with Crippen molar-refractivity contribution in [3.63, 3.8) is 0 Å². The fraction of sp³-hybridized carbons (Fsp3) is 0.750. The van der Waals surface area contributed by atoms with E-state index in [1.807, 2.05) is 0 Å². The molecule has 0 bridgehead atoms. The number of nitrogens with two attached hydrogens (primary N) is 1. The number of hydrogen-bond donors (Lipinski definition) is 3. The molecular formula is C16H28N2O6S. The molecule has 1 fully saturated rings. The average molecular weight is 376 g/mol. The topological polar surface area (TPSA) is 136 Å². The number of nitrogens with one attached hydrogen (secondary N) is 1. The van der Waals surface area contributed by atoms with E-state index in [1.165, 1.54) is 13.8 Å². The summed E-state index contributed by atoms with van der Waals surface area (Å²) in [6.07, 6.45) is 1.64. The third-order valence-electron chi connectivity index (χ3n) is 4.57. The van der Waals surface area contributed by atoms with Gasteiger partial charge in [-0.25, -0.2) is 8.42 Å². The van der Waals surface area contributed by atoms with E-state index in [9.17, 15) is 23.1 Å². The second-order valence-electron chi connectivity index (χ2n) is 7.33. The molecule has 0 aromatic carbocycles. The van der Waals surface area contributed by atoms with Crippen molar-refractivity contribution in [3.8, 4) is 0 Å². The van der Waals surface area contributed by atoms with Crippen molar-refractivity contribution in [3.05, 3.63) is 11.8 Å². The Hall–Kier alpha value is -1.45. The van der Waals surface area contributed by atoms with Gasteiger partial charge in [0, 0.05) is 30.4 Å². The van der Waals surface area contributed by atoms with Crippen molar-refractivity contribution in [2.45, 2.75) is 50.5 Å². The standard InChI is InChI=1S/C16H28N2O6S/c1-15(2,10-19)12(17)9-13(20)18-14(21)16(3,4)25(22,23)11-5-7-24-8-6-11/h9,11,19H,5-8,10,17H2,1-4H3,(H,18,20,21). The van der Waals surface area contributed by atoms with E-state index >= 15 is 0 Å². The maximum absolute atomic E-state index is 12.8. The highest BCUT2D eigenvalue weighted by molar-refractivity contribution is 7.94. The second-order valence-corrected chi connectivity index (χ2v) is 10.1. The van der Waals surface area contributed by atoms with Gasteiger partial charge in [0.05, 0.1) is 11.9 Å². The lowest BCUT2D eigenvalue weighted by atomic mass is 9.90. The van der Waals surface area contributed by atoms with Crippen molar-refractivity contribution in [1.29, 1.82) is 0 Å². The fourth-order valence-corrected chi connectivity index (χ4v) is 4.21. The number of sulfone groups is 1. The molecule has 0 saturated carbocycles. The molecule has 9 heteroatoms. The maximum Gasteiger partial charge on any atom is 0.252 e. The molecule has 0 aromatic rings. The van der Waals surface area contributed by atoms with Crippen molar-refractivity contribution >= 4 is 21.7 Å². The van der Waals surface area contributed by atoms with Crippen LogP contribution in [0.15, 0.2) is 11.8 Å². The van der Waals surface area contributed by atoms with E-state index in [0.29, 0.717) is 26.1 Å². The largest absolute Gasteiger partial charge is 0.401 e. The molecule has 1 saturated heterocycles. The Bertz CT molecular complexity index is 646. The highest BCUT2D eigenvalue weighted by Crippen LogP contribution is 2.28. The smallest absolute Gasteiger partial charge is 0.252 e. The number of carbonyl (C=O) groups excluding carboxylic acids is 2. The molecule has 0 spiro atoms. The minimum Gasteiger partial charge on any atom is -0.401 e. The predicted molar refractivity (Wildman–Crippen MR) is 93.1 cm³/mol. The summed E-state index contributed by atoms with van der Waals surface area (Å²) in [5.41, 5.74) is 5.01. The molecule has 1 aliphatic heterocycles. The predicted octanol–water partition coefficient (Wildman–Crippen LogP) is -0.137. The van der Waals surface area contributed by atoms with Gasteiger partial charge in [-0.2, -0.15) is 0 Å². The fourth-order valence-electron chi connectivity index (χ4n) is 2.26. The SMILES string of the molecule is CC(C)(CO)C(N)=CC(=O)NC(=O)C(C)(C)S(=O)(=O)C1CCOCC1. The lowest BCUT2D eigenvalue weighted by Crippen LogP contribution is -2.53. The van der Waals surface area contributed by atoms with Crippen LogP contribution in [0.2, 0.25) is 0 Å². The van der Waals surface area contributed by atoms with Crippen LogP contribution in [0, 0.1) is 5.41 Å². The summed E-state index contributed by atoms with van der Waals surface area (Å²) in [5.74, 6) is -1.73. The summed E-state index contributed by atoms with van der Waals surface area (Å²) >= 11 is 0. The molecule has 1 rings (SSSR count). The van der Waals surface area contributed by atoms with Gasteiger partial charge >= 0.3 is 0 Å². The number of aliphatic hydroxyl groups excluding tert-OH is 1. The van der Waals surface area contributed by atoms with Crippen LogP contribution in [0.25, 0.3) is 0 Å². The molecule has 144 valence electrons. The number of hydrogen-bond acceptors (Lipinski definition) is 7. The van der Waals surface area contributed by atoms with Gasteiger partial charge in [0.1, 0.15) is 4.75 Å². The van der Waals surface area contributed by atoms with Gasteiger partial charge in [0.2, 0.25) is 5.91 Å². The molecular weight excluding hydrogens is 348 g/mol. The molecule has 4 N–H and O–H groups in total. The molecule has 25 heavy (non-hydrogen) atoms. The van der Waals surface area contributed by atoms with Gasteiger partial charge in [0.15, 0.2) is 9.84 Å². The Morgan fingerprint density at radius 3 is 2.24 bits per heavy atom. The van der Waals surface area contributed by atoms with Crippen molar-refractivity contribution in [2.24, 2.45) is 11.1 Å². The maximum atomic E-state index is 12.8. The lowest BCUT2D eigenvalue weighted by Gasteiger charge is -2.30. The first-order valence-corrected chi connectivity index (χ1v) is 9.66. The zero-order chi connectivity index (χ0) is 19.5. The quantitative estimate of drug-likeness (QED) is 0.549. The molecule has 0 radical (unpaired) electrons. The molecule has 1 aliphatic rings. The van der Waals surface area contributed by atoms with Gasteiger partial charge in [-0.15, -0.1) is 0 Å². The third-order valence-corrected chi connectivity index (χ3v) is 7.52. The first kappa shape index (κ1) is 21.6. The summed E-state index contributed by atoms with van der Waals surface area (Å²) in [5, 5.41) is 10.6. The molecule has 0 aromatic heterocycles. The number of rotatable bonds is 6. The number of imide groups is 1. The number of ether oxygens (including phenoxy) is 1. The Morgan fingerprint density at radius 2 is 1.76 bits per heavy atom. The van der Waals surface area contributed by atoms with E-state index in [4.69, 9.17) is 10.5 Å². The Balaban J connectivity index is 2.90. The molecule has 0 unspecified atom stereocenters.